The van der Waals surface area contributed by atoms with Crippen molar-refractivity contribution >= 4 is 5.97 Å². The fourth-order valence-corrected chi connectivity index (χ4v) is 3.26. The normalized spacial score (nSPS) is 25.9. The second-order valence-corrected chi connectivity index (χ2v) is 6.69. The van der Waals surface area contributed by atoms with E-state index in [9.17, 15) is 4.79 Å². The lowest BCUT2D eigenvalue weighted by molar-refractivity contribution is -0.693. The van der Waals surface area contributed by atoms with Crippen molar-refractivity contribution in [3.8, 4) is 0 Å². The summed E-state index contributed by atoms with van der Waals surface area (Å²) >= 11 is 0. The summed E-state index contributed by atoms with van der Waals surface area (Å²) in [4.78, 5) is 12.4. The highest BCUT2D eigenvalue weighted by molar-refractivity contribution is 5.89. The summed E-state index contributed by atoms with van der Waals surface area (Å²) in [6.07, 6.45) is 7.34. The summed E-state index contributed by atoms with van der Waals surface area (Å²) in [5.41, 5.74) is 0.653. The molecule has 116 valence electrons. The van der Waals surface area contributed by atoms with Gasteiger partial charge >= 0.3 is 5.97 Å². The molecule has 1 heterocycles. The second kappa shape index (κ2) is 7.06. The zero-order valence-electron chi connectivity index (χ0n) is 13.7. The van der Waals surface area contributed by atoms with Crippen molar-refractivity contribution in [2.24, 2.45) is 17.8 Å². The number of carbonyl (C=O) groups is 1. The molecule has 0 bridgehead atoms. The Kier molecular flexibility index (Phi) is 5.38. The molecule has 3 atom stereocenters. The largest absolute Gasteiger partial charge is 0.458 e. The van der Waals surface area contributed by atoms with Crippen molar-refractivity contribution in [3.05, 3.63) is 30.1 Å². The van der Waals surface area contributed by atoms with Crippen molar-refractivity contribution in [3.63, 3.8) is 0 Å². The Morgan fingerprint density at radius 2 is 2.00 bits per heavy atom. The molecule has 3 heteroatoms. The van der Waals surface area contributed by atoms with Crippen LogP contribution in [0.4, 0.5) is 0 Å². The van der Waals surface area contributed by atoms with Crippen LogP contribution in [0.1, 0.15) is 57.3 Å². The van der Waals surface area contributed by atoms with Crippen LogP contribution in [-0.2, 0) is 11.3 Å². The van der Waals surface area contributed by atoms with E-state index >= 15 is 0 Å². The molecule has 0 saturated heterocycles. The molecular weight excluding hydrogens is 262 g/mol. The van der Waals surface area contributed by atoms with Crippen LogP contribution >= 0.6 is 0 Å². The highest BCUT2D eigenvalue weighted by Crippen LogP contribution is 2.35. The molecule has 0 unspecified atom stereocenters. The Morgan fingerprint density at radius 3 is 2.57 bits per heavy atom. The summed E-state index contributed by atoms with van der Waals surface area (Å²) in [5, 5.41) is 0. The molecular formula is C18H28NO2+. The maximum Gasteiger partial charge on any atom is 0.338 e. The van der Waals surface area contributed by atoms with Crippen molar-refractivity contribution in [1.82, 2.24) is 0 Å². The maximum absolute atomic E-state index is 12.4. The Morgan fingerprint density at radius 1 is 1.33 bits per heavy atom. The van der Waals surface area contributed by atoms with Gasteiger partial charge in [0.05, 0.1) is 5.56 Å². The van der Waals surface area contributed by atoms with Crippen LogP contribution in [0.3, 0.4) is 0 Å². The molecule has 1 fully saturated rings. The second-order valence-electron chi connectivity index (χ2n) is 6.69. The molecule has 1 aliphatic carbocycles. The molecule has 0 N–H and O–H groups in total. The topological polar surface area (TPSA) is 30.2 Å². The fraction of sp³-hybridized carbons (Fsp3) is 0.667. The monoisotopic (exact) mass is 290 g/mol. The molecule has 2 rings (SSSR count). The number of ether oxygens (including phenoxy) is 1. The third-order valence-corrected chi connectivity index (χ3v) is 4.71. The standard InChI is InChI=1S/C18H28NO2/c1-5-19-10-8-15(9-11-19)18(20)21-17-12-14(4)6-7-16(17)13(2)3/h8-11,13-14,16-17H,5-7,12H2,1-4H3/q+1/t14-,16+,17-/m1/s1. The molecule has 1 aromatic heterocycles. The molecule has 1 aromatic rings. The molecule has 0 radical (unpaired) electrons. The van der Waals surface area contributed by atoms with Gasteiger partial charge in [-0.2, -0.15) is 0 Å². The first kappa shape index (κ1) is 16.0. The quantitative estimate of drug-likeness (QED) is 0.626. The van der Waals surface area contributed by atoms with Crippen LogP contribution in [0, 0.1) is 17.8 Å². The first-order valence-electron chi connectivity index (χ1n) is 8.21. The Hall–Kier alpha value is -1.38. The van der Waals surface area contributed by atoms with Gasteiger partial charge < -0.3 is 4.74 Å². The molecule has 0 aromatic carbocycles. The minimum Gasteiger partial charge on any atom is -0.458 e. The van der Waals surface area contributed by atoms with Gasteiger partial charge in [-0.25, -0.2) is 9.36 Å². The van der Waals surface area contributed by atoms with E-state index < -0.39 is 0 Å². The Balaban J connectivity index is 2.04. The predicted octanol–water partition coefficient (Wildman–Crippen LogP) is 3.61. The molecule has 0 spiro atoms. The number of aryl methyl sites for hydroxylation is 1. The van der Waals surface area contributed by atoms with Crippen LogP contribution < -0.4 is 4.57 Å². The zero-order valence-corrected chi connectivity index (χ0v) is 13.7. The lowest BCUT2D eigenvalue weighted by Crippen LogP contribution is -2.36. The van der Waals surface area contributed by atoms with E-state index in [1.54, 1.807) is 0 Å². The van der Waals surface area contributed by atoms with Crippen LogP contribution in [0.15, 0.2) is 24.5 Å². The SMILES string of the molecule is CC[n+]1ccc(C(=O)O[C@@H]2C[C@H](C)CC[C@H]2C(C)C)cc1. The average molecular weight is 290 g/mol. The van der Waals surface area contributed by atoms with Gasteiger partial charge in [0.1, 0.15) is 12.6 Å². The summed E-state index contributed by atoms with van der Waals surface area (Å²) in [6.45, 7) is 9.70. The average Bonchev–Trinajstić information content (AvgIpc) is 2.47. The number of hydrogen-bond acceptors (Lipinski definition) is 2. The number of rotatable bonds is 4. The number of pyridine rings is 1. The van der Waals surface area contributed by atoms with Gasteiger partial charge in [-0.3, -0.25) is 0 Å². The smallest absolute Gasteiger partial charge is 0.338 e. The molecule has 0 amide bonds. The lowest BCUT2D eigenvalue weighted by Gasteiger charge is -2.36. The highest BCUT2D eigenvalue weighted by atomic mass is 16.5. The van der Waals surface area contributed by atoms with Crippen molar-refractivity contribution < 1.29 is 14.1 Å². The van der Waals surface area contributed by atoms with Gasteiger partial charge in [-0.15, -0.1) is 0 Å². The summed E-state index contributed by atoms with van der Waals surface area (Å²) in [7, 11) is 0. The van der Waals surface area contributed by atoms with Gasteiger partial charge in [-0.1, -0.05) is 27.2 Å². The van der Waals surface area contributed by atoms with E-state index in [2.05, 4.69) is 27.7 Å². The zero-order chi connectivity index (χ0) is 15.4. The minimum atomic E-state index is -0.178. The van der Waals surface area contributed by atoms with E-state index in [1.165, 1.54) is 12.8 Å². The predicted molar refractivity (Wildman–Crippen MR) is 82.9 cm³/mol. The lowest BCUT2D eigenvalue weighted by atomic mass is 9.75. The van der Waals surface area contributed by atoms with E-state index in [-0.39, 0.29) is 12.1 Å². The van der Waals surface area contributed by atoms with E-state index in [4.69, 9.17) is 4.74 Å². The van der Waals surface area contributed by atoms with Gasteiger partial charge in [-0.05, 0) is 37.5 Å². The van der Waals surface area contributed by atoms with E-state index in [1.807, 2.05) is 29.1 Å². The molecule has 0 aliphatic heterocycles. The van der Waals surface area contributed by atoms with Gasteiger partial charge in [0.25, 0.3) is 0 Å². The van der Waals surface area contributed by atoms with Gasteiger partial charge in [0.15, 0.2) is 12.4 Å². The number of nitrogens with zero attached hydrogens (tertiary/aromatic N) is 1. The summed E-state index contributed by atoms with van der Waals surface area (Å²) in [5.74, 6) is 1.53. The van der Waals surface area contributed by atoms with Crippen molar-refractivity contribution in [2.45, 2.75) is 59.6 Å². The number of aromatic nitrogens is 1. The Bertz CT molecular complexity index is 467. The molecule has 21 heavy (non-hydrogen) atoms. The number of esters is 1. The van der Waals surface area contributed by atoms with Gasteiger partial charge in [0.2, 0.25) is 0 Å². The number of carbonyl (C=O) groups excluding carboxylic acids is 1. The third-order valence-electron chi connectivity index (χ3n) is 4.71. The molecule has 1 saturated carbocycles. The number of hydrogen-bond donors (Lipinski definition) is 0. The van der Waals surface area contributed by atoms with E-state index in [0.29, 0.717) is 23.3 Å². The minimum absolute atomic E-state index is 0.0692. The molecule has 3 nitrogen and oxygen atoms in total. The first-order chi connectivity index (χ1) is 10.0. The van der Waals surface area contributed by atoms with Crippen LogP contribution in [0.5, 0.6) is 0 Å². The first-order valence-corrected chi connectivity index (χ1v) is 8.21. The summed E-state index contributed by atoms with van der Waals surface area (Å²) < 4.78 is 7.89. The van der Waals surface area contributed by atoms with Crippen LogP contribution in [-0.4, -0.2) is 12.1 Å². The van der Waals surface area contributed by atoms with Gasteiger partial charge in [0, 0.05) is 12.1 Å². The Labute approximate surface area is 128 Å². The summed E-state index contributed by atoms with van der Waals surface area (Å²) in [6, 6.07) is 3.70. The van der Waals surface area contributed by atoms with Crippen LogP contribution in [0.2, 0.25) is 0 Å². The maximum atomic E-state index is 12.4. The fourth-order valence-electron chi connectivity index (χ4n) is 3.26. The van der Waals surface area contributed by atoms with Crippen molar-refractivity contribution in [2.75, 3.05) is 0 Å². The van der Waals surface area contributed by atoms with Crippen molar-refractivity contribution in [1.29, 1.82) is 0 Å². The van der Waals surface area contributed by atoms with E-state index in [0.717, 1.165) is 13.0 Å². The molecule has 1 aliphatic rings. The van der Waals surface area contributed by atoms with Crippen LogP contribution in [0.25, 0.3) is 0 Å². The third kappa shape index (κ3) is 4.05. The highest BCUT2D eigenvalue weighted by Gasteiger charge is 2.33.